The van der Waals surface area contributed by atoms with Crippen LogP contribution in [-0.4, -0.2) is 14.9 Å². The molecule has 2 aromatic rings. The van der Waals surface area contributed by atoms with E-state index in [2.05, 4.69) is 38.4 Å². The first-order valence-corrected chi connectivity index (χ1v) is 6.33. The largest absolute Gasteiger partial charge is 0.364 e. The highest BCUT2D eigenvalue weighted by molar-refractivity contribution is 9.10. The summed E-state index contributed by atoms with van der Waals surface area (Å²) in [5.74, 6) is 0. The Morgan fingerprint density at radius 3 is 2.94 bits per heavy atom. The minimum Gasteiger partial charge on any atom is -0.364 e. The summed E-state index contributed by atoms with van der Waals surface area (Å²) in [6.07, 6.45) is 1.58. The van der Waals surface area contributed by atoms with Crippen molar-refractivity contribution in [2.24, 2.45) is 0 Å². The molecule has 0 aromatic carbocycles. The Hall–Kier alpha value is -1.14. The summed E-state index contributed by atoms with van der Waals surface area (Å²) in [5.41, 5.74) is 3.08. The molecule has 5 nitrogen and oxygen atoms in total. The van der Waals surface area contributed by atoms with Crippen LogP contribution < -0.4 is 5.32 Å². The Bertz CT molecular complexity index is 478. The van der Waals surface area contributed by atoms with Crippen LogP contribution in [0.1, 0.15) is 24.0 Å². The van der Waals surface area contributed by atoms with Crippen LogP contribution in [0.25, 0.3) is 0 Å². The van der Waals surface area contributed by atoms with E-state index in [1.165, 1.54) is 0 Å². The highest BCUT2D eigenvalue weighted by Gasteiger charge is 2.11. The monoisotopic (exact) mass is 298 g/mol. The maximum absolute atomic E-state index is 4.77. The normalized spacial score (nSPS) is 11.0. The third kappa shape index (κ3) is 2.76. The van der Waals surface area contributed by atoms with Gasteiger partial charge < -0.3 is 9.84 Å². The second kappa shape index (κ2) is 5.46. The Labute approximate surface area is 108 Å². The topological polar surface area (TPSA) is 55.9 Å². The van der Waals surface area contributed by atoms with E-state index < -0.39 is 0 Å². The van der Waals surface area contributed by atoms with Crippen LogP contribution in [0, 0.1) is 6.92 Å². The van der Waals surface area contributed by atoms with E-state index in [9.17, 15) is 0 Å². The van der Waals surface area contributed by atoms with Gasteiger partial charge in [0.15, 0.2) is 0 Å². The molecular formula is C11H15BrN4O. The Kier molecular flexibility index (Phi) is 3.96. The minimum atomic E-state index is 0.691. The lowest BCUT2D eigenvalue weighted by atomic mass is 10.3. The van der Waals surface area contributed by atoms with E-state index in [4.69, 9.17) is 4.52 Å². The zero-order chi connectivity index (χ0) is 12.3. The van der Waals surface area contributed by atoms with Gasteiger partial charge >= 0.3 is 0 Å². The highest BCUT2D eigenvalue weighted by atomic mass is 79.9. The van der Waals surface area contributed by atoms with Crippen molar-refractivity contribution in [1.82, 2.24) is 20.3 Å². The number of rotatable bonds is 5. The summed E-state index contributed by atoms with van der Waals surface area (Å²) < 4.78 is 7.84. The first-order valence-electron chi connectivity index (χ1n) is 5.54. The third-order valence-electron chi connectivity index (χ3n) is 2.54. The molecule has 0 spiro atoms. The van der Waals surface area contributed by atoms with Gasteiger partial charge in [-0.05, 0) is 29.8 Å². The molecule has 0 fully saturated rings. The van der Waals surface area contributed by atoms with Gasteiger partial charge in [-0.15, -0.1) is 0 Å². The van der Waals surface area contributed by atoms with E-state index in [0.29, 0.717) is 6.54 Å². The molecule has 0 atom stereocenters. The van der Waals surface area contributed by atoms with Gasteiger partial charge in [0.05, 0.1) is 21.6 Å². The quantitative estimate of drug-likeness (QED) is 0.920. The van der Waals surface area contributed by atoms with E-state index in [0.717, 1.165) is 34.6 Å². The van der Waals surface area contributed by atoms with Crippen LogP contribution in [0.15, 0.2) is 21.3 Å². The number of hydrogen-bond donors (Lipinski definition) is 1. The average Bonchev–Trinajstić information content (AvgIpc) is 2.92. The first-order chi connectivity index (χ1) is 8.22. The third-order valence-corrected chi connectivity index (χ3v) is 3.57. The molecular weight excluding hydrogens is 284 g/mol. The maximum Gasteiger partial charge on any atom is 0.124 e. The molecule has 0 aliphatic rings. The van der Waals surface area contributed by atoms with Crippen molar-refractivity contribution >= 4 is 15.9 Å². The molecule has 2 heterocycles. The van der Waals surface area contributed by atoms with Crippen molar-refractivity contribution in [2.45, 2.75) is 33.5 Å². The molecule has 0 amide bonds. The van der Waals surface area contributed by atoms with Crippen LogP contribution >= 0.6 is 15.9 Å². The number of halogens is 1. The molecule has 2 rings (SSSR count). The van der Waals surface area contributed by atoms with Crippen molar-refractivity contribution in [2.75, 3.05) is 0 Å². The predicted octanol–water partition coefficient (Wildman–Crippen LogP) is 2.25. The molecule has 0 saturated carbocycles. The summed E-state index contributed by atoms with van der Waals surface area (Å²) >= 11 is 3.56. The number of nitrogens with one attached hydrogen (secondary N) is 1. The van der Waals surface area contributed by atoms with E-state index in [1.54, 1.807) is 6.26 Å². The molecule has 1 N–H and O–H groups in total. The van der Waals surface area contributed by atoms with Crippen LogP contribution in [0.5, 0.6) is 0 Å². The fourth-order valence-corrected chi connectivity index (χ4v) is 2.10. The van der Waals surface area contributed by atoms with Crippen molar-refractivity contribution in [3.63, 3.8) is 0 Å². The molecule has 0 radical (unpaired) electrons. The molecule has 17 heavy (non-hydrogen) atoms. The molecule has 6 heteroatoms. The highest BCUT2D eigenvalue weighted by Crippen LogP contribution is 2.20. The zero-order valence-corrected chi connectivity index (χ0v) is 11.5. The lowest BCUT2D eigenvalue weighted by Crippen LogP contribution is -2.16. The number of hydrogen-bond acceptors (Lipinski definition) is 4. The van der Waals surface area contributed by atoms with Gasteiger partial charge in [0.2, 0.25) is 0 Å². The van der Waals surface area contributed by atoms with E-state index >= 15 is 0 Å². The van der Waals surface area contributed by atoms with Crippen molar-refractivity contribution in [3.05, 3.63) is 33.9 Å². The summed E-state index contributed by atoms with van der Waals surface area (Å²) in [7, 11) is 0. The van der Waals surface area contributed by atoms with Crippen molar-refractivity contribution in [3.8, 4) is 0 Å². The van der Waals surface area contributed by atoms with E-state index in [1.807, 2.05) is 17.7 Å². The standard InChI is InChI=1S/C11H15BrN4O/c1-3-16-10(11(12)8(2)14-16)7-13-6-9-4-5-17-15-9/h4-5,13H,3,6-7H2,1-2H3. The van der Waals surface area contributed by atoms with Crippen LogP contribution in [0.4, 0.5) is 0 Å². The van der Waals surface area contributed by atoms with Gasteiger partial charge in [0, 0.05) is 25.7 Å². The van der Waals surface area contributed by atoms with Gasteiger partial charge in [0.1, 0.15) is 6.26 Å². The minimum absolute atomic E-state index is 0.691. The Morgan fingerprint density at radius 1 is 1.47 bits per heavy atom. The molecule has 2 aromatic heterocycles. The van der Waals surface area contributed by atoms with Gasteiger partial charge in [-0.2, -0.15) is 5.10 Å². The van der Waals surface area contributed by atoms with Crippen LogP contribution in [-0.2, 0) is 19.6 Å². The molecule has 0 aliphatic carbocycles. The summed E-state index contributed by atoms with van der Waals surface area (Å²) in [4.78, 5) is 0. The summed E-state index contributed by atoms with van der Waals surface area (Å²) in [6, 6.07) is 1.85. The van der Waals surface area contributed by atoms with Gasteiger partial charge in [0.25, 0.3) is 0 Å². The fourth-order valence-electron chi connectivity index (χ4n) is 1.68. The predicted molar refractivity (Wildman–Crippen MR) is 67.4 cm³/mol. The lowest BCUT2D eigenvalue weighted by Gasteiger charge is -2.06. The molecule has 0 unspecified atom stereocenters. The summed E-state index contributed by atoms with van der Waals surface area (Å²) in [5, 5.41) is 11.6. The SMILES string of the molecule is CCn1nc(C)c(Br)c1CNCc1ccon1. The van der Waals surface area contributed by atoms with Gasteiger partial charge in [-0.25, -0.2) is 0 Å². The number of nitrogens with zero attached hydrogens (tertiary/aromatic N) is 3. The molecule has 0 aliphatic heterocycles. The Balaban J connectivity index is 1.98. The van der Waals surface area contributed by atoms with Crippen LogP contribution in [0.2, 0.25) is 0 Å². The van der Waals surface area contributed by atoms with Gasteiger partial charge in [-0.3, -0.25) is 4.68 Å². The molecule has 0 bridgehead atoms. The van der Waals surface area contributed by atoms with Crippen LogP contribution in [0.3, 0.4) is 0 Å². The smallest absolute Gasteiger partial charge is 0.124 e. The van der Waals surface area contributed by atoms with Crippen molar-refractivity contribution in [1.29, 1.82) is 0 Å². The lowest BCUT2D eigenvalue weighted by molar-refractivity contribution is 0.408. The number of aryl methyl sites for hydroxylation is 2. The zero-order valence-electron chi connectivity index (χ0n) is 9.90. The maximum atomic E-state index is 4.77. The average molecular weight is 299 g/mol. The number of aromatic nitrogens is 3. The van der Waals surface area contributed by atoms with E-state index in [-0.39, 0.29) is 0 Å². The fraction of sp³-hybridized carbons (Fsp3) is 0.455. The van der Waals surface area contributed by atoms with Gasteiger partial charge in [-0.1, -0.05) is 5.16 Å². The Morgan fingerprint density at radius 2 is 2.29 bits per heavy atom. The van der Waals surface area contributed by atoms with Crippen molar-refractivity contribution < 1.29 is 4.52 Å². The first kappa shape index (κ1) is 12.3. The second-order valence-electron chi connectivity index (χ2n) is 3.76. The summed E-state index contributed by atoms with van der Waals surface area (Å²) in [6.45, 7) is 6.39. The molecule has 92 valence electrons. The molecule has 0 saturated heterocycles. The second-order valence-corrected chi connectivity index (χ2v) is 4.55.